The summed E-state index contributed by atoms with van der Waals surface area (Å²) in [5.74, 6) is 0.720. The summed E-state index contributed by atoms with van der Waals surface area (Å²) in [7, 11) is 1.63. The van der Waals surface area contributed by atoms with E-state index in [2.05, 4.69) is 11.1 Å². The largest absolute Gasteiger partial charge is 0.496 e. The van der Waals surface area contributed by atoms with Crippen LogP contribution >= 0.6 is 0 Å². The van der Waals surface area contributed by atoms with Crippen LogP contribution in [-0.4, -0.2) is 16.5 Å². The second kappa shape index (κ2) is 4.95. The van der Waals surface area contributed by atoms with Gasteiger partial charge in [-0.2, -0.15) is 5.26 Å². The summed E-state index contributed by atoms with van der Waals surface area (Å²) in [5, 5.41) is 9.52. The SMILES string of the molecule is COc1ccc(C)cc1-c1nc2cc(C)ccn2c1C#N. The fraction of sp³-hybridized carbons (Fsp3) is 0.176. The van der Waals surface area contributed by atoms with E-state index < -0.39 is 0 Å². The number of nitrogens with zero attached hydrogens (tertiary/aromatic N) is 3. The van der Waals surface area contributed by atoms with Crippen LogP contribution in [0.2, 0.25) is 0 Å². The van der Waals surface area contributed by atoms with Crippen LogP contribution in [0.1, 0.15) is 16.8 Å². The van der Waals surface area contributed by atoms with Crippen LogP contribution < -0.4 is 4.74 Å². The van der Waals surface area contributed by atoms with Gasteiger partial charge in [-0.15, -0.1) is 0 Å². The number of aryl methyl sites for hydroxylation is 2. The highest BCUT2D eigenvalue weighted by Crippen LogP contribution is 2.33. The quantitative estimate of drug-likeness (QED) is 0.720. The van der Waals surface area contributed by atoms with Gasteiger partial charge in [0.2, 0.25) is 0 Å². The highest BCUT2D eigenvalue weighted by Gasteiger charge is 2.17. The Labute approximate surface area is 123 Å². The topological polar surface area (TPSA) is 50.3 Å². The summed E-state index contributed by atoms with van der Waals surface area (Å²) in [6, 6.07) is 12.1. The van der Waals surface area contributed by atoms with E-state index in [9.17, 15) is 5.26 Å². The minimum absolute atomic E-state index is 0.522. The molecule has 1 aromatic carbocycles. The summed E-state index contributed by atoms with van der Waals surface area (Å²) in [6.07, 6.45) is 1.88. The lowest BCUT2D eigenvalue weighted by Gasteiger charge is -2.07. The molecule has 0 radical (unpaired) electrons. The molecule has 0 aliphatic heterocycles. The number of methoxy groups -OCH3 is 1. The normalized spacial score (nSPS) is 10.6. The van der Waals surface area contributed by atoms with Gasteiger partial charge in [-0.1, -0.05) is 11.6 Å². The van der Waals surface area contributed by atoms with Crippen LogP contribution in [0.5, 0.6) is 5.75 Å². The molecule has 0 atom stereocenters. The van der Waals surface area contributed by atoms with E-state index in [0.717, 1.165) is 28.1 Å². The Morgan fingerprint density at radius 2 is 1.90 bits per heavy atom. The summed E-state index contributed by atoms with van der Waals surface area (Å²) < 4.78 is 7.22. The highest BCUT2D eigenvalue weighted by atomic mass is 16.5. The third-order valence-corrected chi connectivity index (χ3v) is 3.50. The van der Waals surface area contributed by atoms with Gasteiger partial charge in [0.25, 0.3) is 0 Å². The number of fused-ring (bicyclic) bond motifs is 1. The van der Waals surface area contributed by atoms with E-state index >= 15 is 0 Å². The minimum Gasteiger partial charge on any atom is -0.496 e. The molecule has 104 valence electrons. The average molecular weight is 277 g/mol. The molecule has 0 amide bonds. The molecule has 3 rings (SSSR count). The highest BCUT2D eigenvalue weighted by molar-refractivity contribution is 5.75. The molecule has 0 fully saturated rings. The second-order valence-electron chi connectivity index (χ2n) is 5.06. The maximum Gasteiger partial charge on any atom is 0.152 e. The van der Waals surface area contributed by atoms with Crippen molar-refractivity contribution >= 4 is 5.65 Å². The molecule has 2 heterocycles. The zero-order valence-corrected chi connectivity index (χ0v) is 12.2. The van der Waals surface area contributed by atoms with Gasteiger partial charge < -0.3 is 4.74 Å². The first-order valence-electron chi connectivity index (χ1n) is 6.68. The van der Waals surface area contributed by atoms with Gasteiger partial charge in [-0.25, -0.2) is 4.98 Å². The first-order chi connectivity index (χ1) is 10.1. The van der Waals surface area contributed by atoms with E-state index in [1.54, 1.807) is 7.11 Å². The van der Waals surface area contributed by atoms with Gasteiger partial charge in [0.15, 0.2) is 5.69 Å². The Morgan fingerprint density at radius 3 is 2.62 bits per heavy atom. The van der Waals surface area contributed by atoms with Crippen molar-refractivity contribution in [2.45, 2.75) is 13.8 Å². The van der Waals surface area contributed by atoms with Gasteiger partial charge in [-0.3, -0.25) is 4.40 Å². The molecule has 4 nitrogen and oxygen atoms in total. The maximum absolute atomic E-state index is 9.52. The molecule has 0 aliphatic rings. The van der Waals surface area contributed by atoms with E-state index in [4.69, 9.17) is 4.74 Å². The van der Waals surface area contributed by atoms with Gasteiger partial charge in [0.1, 0.15) is 23.2 Å². The summed E-state index contributed by atoms with van der Waals surface area (Å²) in [5.41, 5.74) is 5.00. The van der Waals surface area contributed by atoms with Crippen LogP contribution in [0.15, 0.2) is 36.5 Å². The molecule has 0 N–H and O–H groups in total. The number of imidazole rings is 1. The molecule has 4 heteroatoms. The van der Waals surface area contributed by atoms with Crippen molar-refractivity contribution in [2.75, 3.05) is 7.11 Å². The standard InChI is InChI=1S/C17H15N3O/c1-11-4-5-15(21-3)13(8-11)17-14(10-18)20-7-6-12(2)9-16(20)19-17/h4-9H,1-3H3. The van der Waals surface area contributed by atoms with Gasteiger partial charge in [0.05, 0.1) is 7.11 Å². The summed E-state index contributed by atoms with van der Waals surface area (Å²) in [6.45, 7) is 4.02. The van der Waals surface area contributed by atoms with E-state index in [-0.39, 0.29) is 0 Å². The van der Waals surface area contributed by atoms with Crippen molar-refractivity contribution in [1.82, 2.24) is 9.38 Å². The molecule has 2 aromatic heterocycles. The maximum atomic E-state index is 9.52. The average Bonchev–Trinajstić information content (AvgIpc) is 2.84. The number of ether oxygens (including phenoxy) is 1. The number of benzene rings is 1. The van der Waals surface area contributed by atoms with Gasteiger partial charge in [-0.05, 0) is 43.7 Å². The van der Waals surface area contributed by atoms with Crippen molar-refractivity contribution in [3.8, 4) is 23.1 Å². The molecule has 0 saturated carbocycles. The smallest absolute Gasteiger partial charge is 0.152 e. The van der Waals surface area contributed by atoms with Crippen LogP contribution in [0.4, 0.5) is 0 Å². The molecule has 3 aromatic rings. The Balaban J connectivity index is 2.35. The zero-order valence-electron chi connectivity index (χ0n) is 12.2. The lowest BCUT2D eigenvalue weighted by atomic mass is 10.1. The molecule has 0 spiro atoms. The number of pyridine rings is 1. The molecule has 21 heavy (non-hydrogen) atoms. The van der Waals surface area contributed by atoms with Crippen LogP contribution in [0, 0.1) is 25.2 Å². The zero-order chi connectivity index (χ0) is 15.0. The minimum atomic E-state index is 0.522. The molecule has 0 aliphatic carbocycles. The van der Waals surface area contributed by atoms with Crippen molar-refractivity contribution in [3.63, 3.8) is 0 Å². The first kappa shape index (κ1) is 13.2. The summed E-state index contributed by atoms with van der Waals surface area (Å²) >= 11 is 0. The monoisotopic (exact) mass is 277 g/mol. The predicted molar refractivity (Wildman–Crippen MR) is 81.4 cm³/mol. The van der Waals surface area contributed by atoms with Gasteiger partial charge in [0, 0.05) is 11.8 Å². The van der Waals surface area contributed by atoms with E-state index in [1.807, 2.05) is 54.8 Å². The Kier molecular flexibility index (Phi) is 3.11. The second-order valence-corrected chi connectivity index (χ2v) is 5.06. The number of hydrogen-bond donors (Lipinski definition) is 0. The van der Waals surface area contributed by atoms with Crippen LogP contribution in [0.3, 0.4) is 0 Å². The molecule has 0 saturated heterocycles. The fourth-order valence-corrected chi connectivity index (χ4v) is 2.45. The van der Waals surface area contributed by atoms with E-state index in [0.29, 0.717) is 11.4 Å². The third kappa shape index (κ3) is 2.13. The van der Waals surface area contributed by atoms with Crippen molar-refractivity contribution < 1.29 is 4.74 Å². The van der Waals surface area contributed by atoms with E-state index in [1.165, 1.54) is 0 Å². The van der Waals surface area contributed by atoms with Crippen molar-refractivity contribution in [1.29, 1.82) is 5.26 Å². The molecule has 0 bridgehead atoms. The lowest BCUT2D eigenvalue weighted by Crippen LogP contribution is -1.92. The number of rotatable bonds is 2. The molecular weight excluding hydrogens is 262 g/mol. The molecule has 0 unspecified atom stereocenters. The fourth-order valence-electron chi connectivity index (χ4n) is 2.45. The first-order valence-corrected chi connectivity index (χ1v) is 6.68. The van der Waals surface area contributed by atoms with Crippen LogP contribution in [-0.2, 0) is 0 Å². The number of nitriles is 1. The van der Waals surface area contributed by atoms with Crippen LogP contribution in [0.25, 0.3) is 16.9 Å². The Bertz CT molecular complexity index is 872. The van der Waals surface area contributed by atoms with Crippen molar-refractivity contribution in [3.05, 3.63) is 53.3 Å². The Hall–Kier alpha value is -2.80. The van der Waals surface area contributed by atoms with Crippen molar-refractivity contribution in [2.24, 2.45) is 0 Å². The lowest BCUT2D eigenvalue weighted by molar-refractivity contribution is 0.416. The molecular formula is C17H15N3O. The predicted octanol–water partition coefficient (Wildman–Crippen LogP) is 3.50. The third-order valence-electron chi connectivity index (χ3n) is 3.50. The Morgan fingerprint density at radius 1 is 1.14 bits per heavy atom. The number of hydrogen-bond acceptors (Lipinski definition) is 3. The van der Waals surface area contributed by atoms with Gasteiger partial charge >= 0.3 is 0 Å². The summed E-state index contributed by atoms with van der Waals surface area (Å²) in [4.78, 5) is 4.62. The number of aromatic nitrogens is 2.